The number of aromatic amines is 1. The zero-order valence-corrected chi connectivity index (χ0v) is 9.33. The van der Waals surface area contributed by atoms with Crippen LogP contribution in [-0.2, 0) is 6.54 Å². The Hall–Kier alpha value is -1.81. The molecule has 0 aliphatic heterocycles. The first-order valence-corrected chi connectivity index (χ1v) is 5.46. The van der Waals surface area contributed by atoms with E-state index in [1.54, 1.807) is 0 Å². The van der Waals surface area contributed by atoms with Crippen molar-refractivity contribution in [2.75, 3.05) is 0 Å². The van der Waals surface area contributed by atoms with E-state index in [9.17, 15) is 0 Å². The number of nitrogens with one attached hydrogen (secondary N) is 1. The number of fused-ring (bicyclic) bond motifs is 1. The molecule has 0 fully saturated rings. The van der Waals surface area contributed by atoms with Crippen molar-refractivity contribution in [3.05, 3.63) is 53.1 Å². The summed E-state index contributed by atoms with van der Waals surface area (Å²) in [5.74, 6) is 0. The normalized spacial score (nSPS) is 11.0. The average molecular weight is 230 g/mol. The molecule has 0 amide bonds. The summed E-state index contributed by atoms with van der Waals surface area (Å²) in [5.41, 5.74) is 2.98. The van der Waals surface area contributed by atoms with Crippen molar-refractivity contribution in [2.24, 2.45) is 0 Å². The van der Waals surface area contributed by atoms with E-state index >= 15 is 0 Å². The van der Waals surface area contributed by atoms with Crippen molar-refractivity contribution < 1.29 is 4.42 Å². The molecule has 1 N–H and O–H groups in total. The Balaban J connectivity index is 2.16. The standard InChI is InChI=1S/C12H10N2OS/c16-12-14(8-9-4-3-7-13-9)10-5-1-2-6-11(10)15-12/h1-7,13H,8H2. The zero-order chi connectivity index (χ0) is 11.0. The Bertz CT molecular complexity index is 664. The van der Waals surface area contributed by atoms with Crippen molar-refractivity contribution in [2.45, 2.75) is 6.54 Å². The summed E-state index contributed by atoms with van der Waals surface area (Å²) in [6.45, 7) is 0.711. The molecule has 0 saturated carbocycles. The molecule has 0 atom stereocenters. The molecule has 0 bridgehead atoms. The van der Waals surface area contributed by atoms with E-state index in [4.69, 9.17) is 16.6 Å². The fraction of sp³-hybridized carbons (Fsp3) is 0.0833. The Labute approximate surface area is 97.3 Å². The summed E-state index contributed by atoms with van der Waals surface area (Å²) in [5, 5.41) is 0. The van der Waals surface area contributed by atoms with Gasteiger partial charge in [-0.1, -0.05) is 12.1 Å². The lowest BCUT2D eigenvalue weighted by Crippen LogP contribution is -1.99. The van der Waals surface area contributed by atoms with E-state index in [2.05, 4.69) is 4.98 Å². The topological polar surface area (TPSA) is 33.9 Å². The van der Waals surface area contributed by atoms with Crippen molar-refractivity contribution >= 4 is 23.3 Å². The molecule has 16 heavy (non-hydrogen) atoms. The van der Waals surface area contributed by atoms with Crippen LogP contribution in [0, 0.1) is 4.84 Å². The molecule has 1 aromatic carbocycles. The van der Waals surface area contributed by atoms with Crippen LogP contribution < -0.4 is 0 Å². The van der Waals surface area contributed by atoms with Crippen LogP contribution in [0.5, 0.6) is 0 Å². The van der Waals surface area contributed by atoms with E-state index in [-0.39, 0.29) is 0 Å². The Morgan fingerprint density at radius 3 is 2.88 bits per heavy atom. The Morgan fingerprint density at radius 1 is 1.19 bits per heavy atom. The minimum Gasteiger partial charge on any atom is -0.429 e. The number of benzene rings is 1. The van der Waals surface area contributed by atoms with Gasteiger partial charge in [-0.15, -0.1) is 0 Å². The van der Waals surface area contributed by atoms with Crippen LogP contribution in [-0.4, -0.2) is 9.55 Å². The summed E-state index contributed by atoms with van der Waals surface area (Å²) in [6, 6.07) is 11.9. The van der Waals surface area contributed by atoms with Crippen molar-refractivity contribution in [3.63, 3.8) is 0 Å². The quantitative estimate of drug-likeness (QED) is 0.685. The molecule has 3 aromatic rings. The molecule has 2 aromatic heterocycles. The van der Waals surface area contributed by atoms with Crippen LogP contribution in [0.25, 0.3) is 11.1 Å². The predicted octanol–water partition coefficient (Wildman–Crippen LogP) is 3.34. The first-order valence-electron chi connectivity index (χ1n) is 5.05. The van der Waals surface area contributed by atoms with Gasteiger partial charge in [0.1, 0.15) is 0 Å². The lowest BCUT2D eigenvalue weighted by molar-refractivity contribution is 0.547. The highest BCUT2D eigenvalue weighted by Gasteiger charge is 2.06. The maximum atomic E-state index is 5.51. The van der Waals surface area contributed by atoms with Crippen LogP contribution in [0.2, 0.25) is 0 Å². The van der Waals surface area contributed by atoms with Gasteiger partial charge < -0.3 is 9.40 Å². The lowest BCUT2D eigenvalue weighted by atomic mass is 10.3. The molecule has 0 aliphatic carbocycles. The molecule has 0 saturated heterocycles. The first kappa shape index (κ1) is 9.42. The highest BCUT2D eigenvalue weighted by atomic mass is 32.1. The van der Waals surface area contributed by atoms with Crippen LogP contribution in [0.4, 0.5) is 0 Å². The van der Waals surface area contributed by atoms with E-state index in [0.29, 0.717) is 11.4 Å². The van der Waals surface area contributed by atoms with Gasteiger partial charge >= 0.3 is 0 Å². The number of rotatable bonds is 2. The highest BCUT2D eigenvalue weighted by molar-refractivity contribution is 7.71. The Morgan fingerprint density at radius 2 is 2.06 bits per heavy atom. The van der Waals surface area contributed by atoms with Gasteiger partial charge in [-0.2, -0.15) is 0 Å². The van der Waals surface area contributed by atoms with Gasteiger partial charge in [0.05, 0.1) is 12.1 Å². The van der Waals surface area contributed by atoms with Gasteiger partial charge in [0.2, 0.25) is 0 Å². The second-order valence-corrected chi connectivity index (χ2v) is 3.97. The smallest absolute Gasteiger partial charge is 0.269 e. The van der Waals surface area contributed by atoms with Gasteiger partial charge in [0.15, 0.2) is 5.58 Å². The third-order valence-corrected chi connectivity index (χ3v) is 2.87. The number of para-hydroxylation sites is 2. The van der Waals surface area contributed by atoms with Crippen molar-refractivity contribution in [1.29, 1.82) is 0 Å². The summed E-state index contributed by atoms with van der Waals surface area (Å²) >= 11 is 5.21. The van der Waals surface area contributed by atoms with Gasteiger partial charge in [0, 0.05) is 11.9 Å². The molecule has 0 radical (unpaired) electrons. The minimum atomic E-state index is 0.510. The van der Waals surface area contributed by atoms with Crippen LogP contribution in [0.15, 0.2) is 47.0 Å². The largest absolute Gasteiger partial charge is 0.429 e. The van der Waals surface area contributed by atoms with E-state index in [1.807, 2.05) is 47.2 Å². The van der Waals surface area contributed by atoms with E-state index in [1.165, 1.54) is 0 Å². The molecular formula is C12H10N2OS. The van der Waals surface area contributed by atoms with Crippen molar-refractivity contribution in [1.82, 2.24) is 9.55 Å². The molecule has 4 heteroatoms. The van der Waals surface area contributed by atoms with Gasteiger partial charge in [-0.3, -0.25) is 4.57 Å². The first-order chi connectivity index (χ1) is 7.84. The summed E-state index contributed by atoms with van der Waals surface area (Å²) in [6.07, 6.45) is 1.90. The van der Waals surface area contributed by atoms with Crippen LogP contribution in [0.3, 0.4) is 0 Å². The molecular weight excluding hydrogens is 220 g/mol. The molecule has 0 spiro atoms. The van der Waals surface area contributed by atoms with Crippen LogP contribution in [0.1, 0.15) is 5.69 Å². The number of H-pyrrole nitrogens is 1. The van der Waals surface area contributed by atoms with Crippen molar-refractivity contribution in [3.8, 4) is 0 Å². The monoisotopic (exact) mass is 230 g/mol. The average Bonchev–Trinajstić information content (AvgIpc) is 2.89. The van der Waals surface area contributed by atoms with Crippen LogP contribution >= 0.6 is 12.2 Å². The number of hydrogen-bond acceptors (Lipinski definition) is 2. The maximum Gasteiger partial charge on any atom is 0.269 e. The summed E-state index contributed by atoms with van der Waals surface area (Å²) in [4.78, 5) is 3.67. The highest BCUT2D eigenvalue weighted by Crippen LogP contribution is 2.17. The van der Waals surface area contributed by atoms with Gasteiger partial charge in [-0.25, -0.2) is 0 Å². The SMILES string of the molecule is S=c1oc2ccccc2n1Cc1ccc[nH]1. The fourth-order valence-corrected chi connectivity index (χ4v) is 2.05. The molecule has 3 nitrogen and oxygen atoms in total. The third-order valence-electron chi connectivity index (χ3n) is 2.56. The minimum absolute atomic E-state index is 0.510. The second-order valence-electron chi connectivity index (χ2n) is 3.62. The van der Waals surface area contributed by atoms with E-state index in [0.717, 1.165) is 16.8 Å². The second kappa shape index (κ2) is 3.64. The predicted molar refractivity (Wildman–Crippen MR) is 64.9 cm³/mol. The summed E-state index contributed by atoms with van der Waals surface area (Å²) < 4.78 is 7.49. The Kier molecular flexibility index (Phi) is 2.15. The molecule has 2 heterocycles. The zero-order valence-electron chi connectivity index (χ0n) is 8.51. The maximum absolute atomic E-state index is 5.51. The molecule has 80 valence electrons. The third kappa shape index (κ3) is 1.47. The fourth-order valence-electron chi connectivity index (χ4n) is 1.80. The van der Waals surface area contributed by atoms with E-state index < -0.39 is 0 Å². The number of oxazole rings is 1. The van der Waals surface area contributed by atoms with Gasteiger partial charge in [-0.05, 0) is 36.5 Å². The summed E-state index contributed by atoms with van der Waals surface area (Å²) in [7, 11) is 0. The lowest BCUT2D eigenvalue weighted by Gasteiger charge is -2.00. The number of nitrogens with zero attached hydrogens (tertiary/aromatic N) is 1. The molecule has 0 aliphatic rings. The molecule has 3 rings (SSSR count). The number of aromatic nitrogens is 2. The number of hydrogen-bond donors (Lipinski definition) is 1. The van der Waals surface area contributed by atoms with Gasteiger partial charge in [0.25, 0.3) is 4.84 Å². The molecule has 0 unspecified atom stereocenters.